The molecule has 1 amide bonds. The second-order valence-corrected chi connectivity index (χ2v) is 5.50. The summed E-state index contributed by atoms with van der Waals surface area (Å²) in [5.41, 5.74) is 2.31. The number of amides is 1. The standard InChI is InChI=1S/C15H14BrClN2O/c1-18-14-7-6-11(17)8-12(14)15(20)19-9-10-4-2-3-5-13(10)16/h2-8,18H,9H2,1H3,(H,19,20). The molecule has 0 aromatic heterocycles. The van der Waals surface area contributed by atoms with Gasteiger partial charge in [-0.1, -0.05) is 45.7 Å². The van der Waals surface area contributed by atoms with Crippen LogP contribution in [-0.4, -0.2) is 13.0 Å². The molecule has 0 radical (unpaired) electrons. The Morgan fingerprint density at radius 2 is 2.00 bits per heavy atom. The summed E-state index contributed by atoms with van der Waals surface area (Å²) in [6, 6.07) is 13.0. The number of hydrogen-bond acceptors (Lipinski definition) is 2. The first-order valence-corrected chi connectivity index (χ1v) is 7.28. The van der Waals surface area contributed by atoms with Gasteiger partial charge < -0.3 is 10.6 Å². The Balaban J connectivity index is 2.13. The summed E-state index contributed by atoms with van der Waals surface area (Å²) in [7, 11) is 1.77. The van der Waals surface area contributed by atoms with Crippen LogP contribution in [0.15, 0.2) is 46.9 Å². The fraction of sp³-hybridized carbons (Fsp3) is 0.133. The van der Waals surface area contributed by atoms with E-state index in [1.165, 1.54) is 0 Å². The van der Waals surface area contributed by atoms with E-state index in [9.17, 15) is 4.79 Å². The Morgan fingerprint density at radius 3 is 2.70 bits per heavy atom. The first-order valence-electron chi connectivity index (χ1n) is 6.10. The smallest absolute Gasteiger partial charge is 0.253 e. The van der Waals surface area contributed by atoms with Gasteiger partial charge in [0, 0.05) is 28.8 Å². The van der Waals surface area contributed by atoms with Crippen molar-refractivity contribution < 1.29 is 4.79 Å². The third-order valence-electron chi connectivity index (χ3n) is 2.89. The van der Waals surface area contributed by atoms with Gasteiger partial charge in [0.2, 0.25) is 0 Å². The molecule has 0 aliphatic heterocycles. The summed E-state index contributed by atoms with van der Waals surface area (Å²) in [4.78, 5) is 12.2. The lowest BCUT2D eigenvalue weighted by Gasteiger charge is -2.11. The molecule has 2 N–H and O–H groups in total. The summed E-state index contributed by atoms with van der Waals surface area (Å²) in [6.07, 6.45) is 0. The third kappa shape index (κ3) is 3.52. The molecule has 104 valence electrons. The minimum atomic E-state index is -0.160. The predicted molar refractivity (Wildman–Crippen MR) is 86.3 cm³/mol. The van der Waals surface area contributed by atoms with Gasteiger partial charge in [-0.2, -0.15) is 0 Å². The molecule has 0 bridgehead atoms. The van der Waals surface area contributed by atoms with E-state index < -0.39 is 0 Å². The Kier molecular flexibility index (Phi) is 5.04. The maximum Gasteiger partial charge on any atom is 0.253 e. The molecule has 0 unspecified atom stereocenters. The summed E-state index contributed by atoms with van der Waals surface area (Å²) in [5.74, 6) is -0.160. The number of anilines is 1. The van der Waals surface area contributed by atoms with E-state index in [0.29, 0.717) is 17.1 Å². The van der Waals surface area contributed by atoms with Crippen molar-refractivity contribution in [1.29, 1.82) is 0 Å². The molecular formula is C15H14BrClN2O. The van der Waals surface area contributed by atoms with Crippen molar-refractivity contribution in [2.75, 3.05) is 12.4 Å². The van der Waals surface area contributed by atoms with Gasteiger partial charge in [-0.05, 0) is 29.8 Å². The fourth-order valence-electron chi connectivity index (χ4n) is 1.83. The van der Waals surface area contributed by atoms with Crippen molar-refractivity contribution in [2.45, 2.75) is 6.54 Å². The lowest BCUT2D eigenvalue weighted by molar-refractivity contribution is 0.0951. The van der Waals surface area contributed by atoms with Gasteiger partial charge in [0.05, 0.1) is 5.56 Å². The Labute approximate surface area is 131 Å². The van der Waals surface area contributed by atoms with Crippen molar-refractivity contribution in [2.24, 2.45) is 0 Å². The predicted octanol–water partition coefficient (Wildman–Crippen LogP) is 4.07. The highest BCUT2D eigenvalue weighted by molar-refractivity contribution is 9.10. The van der Waals surface area contributed by atoms with Crippen LogP contribution in [0.1, 0.15) is 15.9 Å². The third-order valence-corrected chi connectivity index (χ3v) is 3.90. The second-order valence-electron chi connectivity index (χ2n) is 4.21. The van der Waals surface area contributed by atoms with Crippen LogP contribution in [0.3, 0.4) is 0 Å². The Bertz CT molecular complexity index is 631. The van der Waals surface area contributed by atoms with Gasteiger partial charge in [-0.15, -0.1) is 0 Å². The molecule has 0 aliphatic rings. The fourth-order valence-corrected chi connectivity index (χ4v) is 2.43. The van der Waals surface area contributed by atoms with E-state index in [1.807, 2.05) is 24.3 Å². The summed E-state index contributed by atoms with van der Waals surface area (Å²) < 4.78 is 0.972. The lowest BCUT2D eigenvalue weighted by atomic mass is 10.1. The monoisotopic (exact) mass is 352 g/mol. The van der Waals surface area contributed by atoms with E-state index >= 15 is 0 Å². The van der Waals surface area contributed by atoms with Gasteiger partial charge >= 0.3 is 0 Å². The van der Waals surface area contributed by atoms with Crippen LogP contribution in [0.5, 0.6) is 0 Å². The largest absolute Gasteiger partial charge is 0.387 e. The highest BCUT2D eigenvalue weighted by Gasteiger charge is 2.11. The quantitative estimate of drug-likeness (QED) is 0.870. The SMILES string of the molecule is CNc1ccc(Cl)cc1C(=O)NCc1ccccc1Br. The molecule has 0 aliphatic carbocycles. The van der Waals surface area contributed by atoms with E-state index in [-0.39, 0.29) is 5.91 Å². The van der Waals surface area contributed by atoms with Gasteiger partial charge in [0.25, 0.3) is 5.91 Å². The molecule has 2 rings (SSSR count). The van der Waals surface area contributed by atoms with E-state index in [1.54, 1.807) is 25.2 Å². The first-order chi connectivity index (χ1) is 9.61. The van der Waals surface area contributed by atoms with Crippen LogP contribution in [0.2, 0.25) is 5.02 Å². The maximum atomic E-state index is 12.2. The Hall–Kier alpha value is -1.52. The van der Waals surface area contributed by atoms with E-state index in [4.69, 9.17) is 11.6 Å². The molecule has 0 heterocycles. The normalized spacial score (nSPS) is 10.2. The molecular weight excluding hydrogens is 340 g/mol. The molecule has 3 nitrogen and oxygen atoms in total. The van der Waals surface area contributed by atoms with Crippen LogP contribution in [0.4, 0.5) is 5.69 Å². The number of hydrogen-bond donors (Lipinski definition) is 2. The van der Waals surface area contributed by atoms with Crippen LogP contribution < -0.4 is 10.6 Å². The van der Waals surface area contributed by atoms with Crippen LogP contribution in [0, 0.1) is 0 Å². The van der Waals surface area contributed by atoms with Crippen molar-refractivity contribution in [3.63, 3.8) is 0 Å². The van der Waals surface area contributed by atoms with Crippen molar-refractivity contribution in [3.05, 3.63) is 63.1 Å². The van der Waals surface area contributed by atoms with E-state index in [2.05, 4.69) is 26.6 Å². The Morgan fingerprint density at radius 1 is 1.25 bits per heavy atom. The molecule has 0 saturated carbocycles. The van der Waals surface area contributed by atoms with Crippen LogP contribution in [-0.2, 0) is 6.54 Å². The van der Waals surface area contributed by atoms with Crippen molar-refractivity contribution >= 4 is 39.1 Å². The summed E-state index contributed by atoms with van der Waals surface area (Å²) in [6.45, 7) is 0.454. The zero-order valence-corrected chi connectivity index (χ0v) is 13.3. The number of carbonyl (C=O) groups excluding carboxylic acids is 1. The van der Waals surface area contributed by atoms with Gasteiger partial charge in [0.1, 0.15) is 0 Å². The molecule has 20 heavy (non-hydrogen) atoms. The zero-order valence-electron chi connectivity index (χ0n) is 10.9. The molecule has 5 heteroatoms. The highest BCUT2D eigenvalue weighted by Crippen LogP contribution is 2.21. The topological polar surface area (TPSA) is 41.1 Å². The average molecular weight is 354 g/mol. The minimum absolute atomic E-state index is 0.160. The van der Waals surface area contributed by atoms with Crippen molar-refractivity contribution in [1.82, 2.24) is 5.32 Å². The van der Waals surface area contributed by atoms with Crippen molar-refractivity contribution in [3.8, 4) is 0 Å². The molecule has 0 atom stereocenters. The first kappa shape index (κ1) is 14.9. The highest BCUT2D eigenvalue weighted by atomic mass is 79.9. The van der Waals surface area contributed by atoms with Gasteiger partial charge in [-0.3, -0.25) is 4.79 Å². The number of rotatable bonds is 4. The molecule has 0 fully saturated rings. The number of halogens is 2. The van der Waals surface area contributed by atoms with Crippen LogP contribution in [0.25, 0.3) is 0 Å². The summed E-state index contributed by atoms with van der Waals surface area (Å²) in [5, 5.41) is 6.41. The molecule has 2 aromatic rings. The molecule has 2 aromatic carbocycles. The van der Waals surface area contributed by atoms with Crippen LogP contribution >= 0.6 is 27.5 Å². The van der Waals surface area contributed by atoms with Gasteiger partial charge in [0.15, 0.2) is 0 Å². The van der Waals surface area contributed by atoms with Gasteiger partial charge in [-0.25, -0.2) is 0 Å². The minimum Gasteiger partial charge on any atom is -0.387 e. The second kappa shape index (κ2) is 6.77. The lowest BCUT2D eigenvalue weighted by Crippen LogP contribution is -2.23. The number of benzene rings is 2. The van der Waals surface area contributed by atoms with E-state index in [0.717, 1.165) is 15.7 Å². The average Bonchev–Trinajstić information content (AvgIpc) is 2.46. The summed E-state index contributed by atoms with van der Waals surface area (Å²) >= 11 is 9.40. The molecule has 0 spiro atoms. The number of nitrogens with one attached hydrogen (secondary N) is 2. The molecule has 0 saturated heterocycles. The maximum absolute atomic E-state index is 12.2. The number of carbonyl (C=O) groups is 1. The zero-order chi connectivity index (χ0) is 14.5.